The molecule has 7 nitrogen and oxygen atoms in total. The topological polar surface area (TPSA) is 92.3 Å². The van der Waals surface area contributed by atoms with Crippen molar-refractivity contribution < 1.29 is 14.4 Å². The molecule has 0 saturated heterocycles. The first-order valence-corrected chi connectivity index (χ1v) is 8.41. The molecular formula is C16H16N4O3S. The minimum Gasteiger partial charge on any atom is -0.299 e. The number of aromatic nitrogens is 2. The summed E-state index contributed by atoms with van der Waals surface area (Å²) in [7, 11) is 0. The second kappa shape index (κ2) is 6.48. The monoisotopic (exact) mass is 344 g/mol. The summed E-state index contributed by atoms with van der Waals surface area (Å²) in [5.74, 6) is -1.18. The Morgan fingerprint density at radius 2 is 1.83 bits per heavy atom. The summed E-state index contributed by atoms with van der Waals surface area (Å²) in [4.78, 5) is 39.0. The molecule has 3 rings (SSSR count). The number of imide groups is 1. The summed E-state index contributed by atoms with van der Waals surface area (Å²) < 4.78 is 0. The highest BCUT2D eigenvalue weighted by Crippen LogP contribution is 2.27. The van der Waals surface area contributed by atoms with Crippen LogP contribution in [0.2, 0.25) is 0 Å². The number of hydrogen-bond donors (Lipinski definition) is 1. The Morgan fingerprint density at radius 1 is 1.21 bits per heavy atom. The van der Waals surface area contributed by atoms with E-state index in [1.807, 2.05) is 13.8 Å². The molecule has 8 heteroatoms. The fraction of sp³-hybridized carbons (Fsp3) is 0.312. The zero-order valence-electron chi connectivity index (χ0n) is 13.2. The number of nitrogens with one attached hydrogen (secondary N) is 1. The summed E-state index contributed by atoms with van der Waals surface area (Å²) in [6.45, 7) is 3.87. The van der Waals surface area contributed by atoms with Crippen molar-refractivity contribution in [2.75, 3.05) is 5.32 Å². The molecule has 24 heavy (non-hydrogen) atoms. The van der Waals surface area contributed by atoms with Gasteiger partial charge in [0.15, 0.2) is 0 Å². The molecule has 1 aliphatic rings. The number of carbonyl (C=O) groups is 3. The molecule has 0 spiro atoms. The summed E-state index contributed by atoms with van der Waals surface area (Å²) in [6, 6.07) is 5.72. The minimum absolute atomic E-state index is 0.125. The summed E-state index contributed by atoms with van der Waals surface area (Å²) >= 11 is 1.18. The maximum Gasteiger partial charge on any atom is 0.262 e. The van der Waals surface area contributed by atoms with E-state index in [4.69, 9.17) is 0 Å². The fourth-order valence-corrected chi connectivity index (χ4v) is 3.13. The van der Waals surface area contributed by atoms with Crippen LogP contribution in [0, 0.1) is 5.92 Å². The third-order valence-electron chi connectivity index (χ3n) is 3.72. The van der Waals surface area contributed by atoms with Crippen LogP contribution in [0.25, 0.3) is 0 Å². The third-order valence-corrected chi connectivity index (χ3v) is 4.33. The van der Waals surface area contributed by atoms with Gasteiger partial charge >= 0.3 is 0 Å². The molecule has 2 aromatic rings. The van der Waals surface area contributed by atoms with E-state index in [2.05, 4.69) is 15.5 Å². The SMILES string of the molecule is CC(C)C[C@H](C(=O)Nc1nncs1)N1C(=O)c2ccccc2C1=O. The van der Waals surface area contributed by atoms with Crippen LogP contribution in [0.4, 0.5) is 5.13 Å². The quantitative estimate of drug-likeness (QED) is 0.839. The second-order valence-corrected chi connectivity index (χ2v) is 6.74. The molecule has 0 aliphatic carbocycles. The normalized spacial score (nSPS) is 14.9. The average Bonchev–Trinajstić information content (AvgIpc) is 3.14. The lowest BCUT2D eigenvalue weighted by Gasteiger charge is -2.26. The molecule has 3 amide bonds. The minimum atomic E-state index is -0.888. The highest BCUT2D eigenvalue weighted by atomic mass is 32.1. The van der Waals surface area contributed by atoms with Gasteiger partial charge in [0.1, 0.15) is 11.6 Å². The molecule has 1 atom stereocenters. The van der Waals surface area contributed by atoms with Crippen LogP contribution < -0.4 is 5.32 Å². The molecule has 1 aromatic carbocycles. The molecule has 1 N–H and O–H groups in total. The number of nitrogens with zero attached hydrogens (tertiary/aromatic N) is 3. The van der Waals surface area contributed by atoms with E-state index in [1.165, 1.54) is 16.8 Å². The number of carbonyl (C=O) groups excluding carboxylic acids is 3. The number of hydrogen-bond acceptors (Lipinski definition) is 6. The Kier molecular flexibility index (Phi) is 4.39. The standard InChI is InChI=1S/C16H16N4O3S/c1-9(2)7-12(13(21)18-16-19-17-8-24-16)20-14(22)10-5-3-4-6-11(10)15(20)23/h3-6,8-9,12H,7H2,1-2H3,(H,18,19,21)/t12-/m1/s1. The molecule has 0 bridgehead atoms. The van der Waals surface area contributed by atoms with Gasteiger partial charge in [-0.05, 0) is 24.5 Å². The van der Waals surface area contributed by atoms with E-state index >= 15 is 0 Å². The molecule has 0 fully saturated rings. The predicted octanol–water partition coefficient (Wildman–Crippen LogP) is 2.19. The van der Waals surface area contributed by atoms with E-state index < -0.39 is 23.8 Å². The van der Waals surface area contributed by atoms with Gasteiger partial charge in [-0.3, -0.25) is 24.6 Å². The molecule has 124 valence electrons. The number of rotatable bonds is 5. The number of fused-ring (bicyclic) bond motifs is 1. The Balaban J connectivity index is 1.91. The Labute approximate surface area is 142 Å². The van der Waals surface area contributed by atoms with Gasteiger partial charge in [0.2, 0.25) is 11.0 Å². The number of benzene rings is 1. The van der Waals surface area contributed by atoms with Crippen molar-refractivity contribution in [1.29, 1.82) is 0 Å². The molecular weight excluding hydrogens is 328 g/mol. The molecule has 0 saturated carbocycles. The highest BCUT2D eigenvalue weighted by molar-refractivity contribution is 7.13. The van der Waals surface area contributed by atoms with Crippen molar-refractivity contribution in [3.8, 4) is 0 Å². The highest BCUT2D eigenvalue weighted by Gasteiger charge is 2.42. The van der Waals surface area contributed by atoms with Gasteiger partial charge in [-0.2, -0.15) is 0 Å². The van der Waals surface area contributed by atoms with Gasteiger partial charge in [-0.15, -0.1) is 10.2 Å². The van der Waals surface area contributed by atoms with E-state index in [1.54, 1.807) is 24.3 Å². The van der Waals surface area contributed by atoms with Crippen molar-refractivity contribution >= 4 is 34.2 Å². The summed E-state index contributed by atoms with van der Waals surface area (Å²) in [6.07, 6.45) is 0.371. The van der Waals surface area contributed by atoms with Crippen molar-refractivity contribution in [3.63, 3.8) is 0 Å². The van der Waals surface area contributed by atoms with Crippen LogP contribution in [0.1, 0.15) is 41.0 Å². The van der Waals surface area contributed by atoms with Crippen LogP contribution in [0.3, 0.4) is 0 Å². The van der Waals surface area contributed by atoms with Gasteiger partial charge in [0.05, 0.1) is 11.1 Å². The lowest BCUT2D eigenvalue weighted by atomic mass is 10.0. The molecule has 1 aliphatic heterocycles. The number of anilines is 1. The van der Waals surface area contributed by atoms with Crippen molar-refractivity contribution in [2.45, 2.75) is 26.3 Å². The van der Waals surface area contributed by atoms with Crippen LogP contribution >= 0.6 is 11.3 Å². The largest absolute Gasteiger partial charge is 0.299 e. The maximum absolute atomic E-state index is 12.7. The maximum atomic E-state index is 12.7. The van der Waals surface area contributed by atoms with E-state index in [-0.39, 0.29) is 5.92 Å². The molecule has 0 radical (unpaired) electrons. The molecule has 0 unspecified atom stereocenters. The van der Waals surface area contributed by atoms with Crippen LogP contribution in [-0.4, -0.2) is 38.9 Å². The average molecular weight is 344 g/mol. The van der Waals surface area contributed by atoms with Crippen molar-refractivity contribution in [2.24, 2.45) is 5.92 Å². The van der Waals surface area contributed by atoms with Gasteiger partial charge in [0.25, 0.3) is 11.8 Å². The van der Waals surface area contributed by atoms with E-state index in [0.29, 0.717) is 22.7 Å². The van der Waals surface area contributed by atoms with Crippen LogP contribution in [0.5, 0.6) is 0 Å². The Morgan fingerprint density at radius 3 is 2.33 bits per heavy atom. The van der Waals surface area contributed by atoms with Gasteiger partial charge in [-0.25, -0.2) is 0 Å². The summed E-state index contributed by atoms with van der Waals surface area (Å²) in [5, 5.41) is 10.4. The van der Waals surface area contributed by atoms with Gasteiger partial charge in [-0.1, -0.05) is 37.3 Å². The van der Waals surface area contributed by atoms with E-state index in [9.17, 15) is 14.4 Å². The first-order valence-electron chi connectivity index (χ1n) is 7.53. The van der Waals surface area contributed by atoms with Crippen molar-refractivity contribution in [1.82, 2.24) is 15.1 Å². The second-order valence-electron chi connectivity index (χ2n) is 5.90. The van der Waals surface area contributed by atoms with E-state index in [0.717, 1.165) is 4.90 Å². The Bertz CT molecular complexity index is 753. The summed E-state index contributed by atoms with van der Waals surface area (Å²) in [5.41, 5.74) is 2.16. The number of amides is 3. The Hall–Kier alpha value is -2.61. The van der Waals surface area contributed by atoms with Crippen LogP contribution in [0.15, 0.2) is 29.8 Å². The molecule has 1 aromatic heterocycles. The molecule has 2 heterocycles. The zero-order chi connectivity index (χ0) is 17.3. The smallest absolute Gasteiger partial charge is 0.262 e. The first kappa shape index (κ1) is 16.3. The van der Waals surface area contributed by atoms with Crippen LogP contribution in [-0.2, 0) is 4.79 Å². The first-order chi connectivity index (χ1) is 11.5. The third kappa shape index (κ3) is 2.92. The van der Waals surface area contributed by atoms with Crippen molar-refractivity contribution in [3.05, 3.63) is 40.9 Å². The fourth-order valence-electron chi connectivity index (χ4n) is 2.68. The lowest BCUT2D eigenvalue weighted by molar-refractivity contribution is -0.120. The van der Waals surface area contributed by atoms with Gasteiger partial charge < -0.3 is 0 Å². The predicted molar refractivity (Wildman–Crippen MR) is 88.7 cm³/mol. The lowest BCUT2D eigenvalue weighted by Crippen LogP contribution is -2.47. The zero-order valence-corrected chi connectivity index (χ0v) is 14.0. The van der Waals surface area contributed by atoms with Gasteiger partial charge in [0, 0.05) is 0 Å².